The average molecular weight is 194 g/mol. The molecule has 3 nitrogen and oxygen atoms in total. The van der Waals surface area contributed by atoms with E-state index >= 15 is 0 Å². The number of anilines is 1. The lowest BCUT2D eigenvalue weighted by Gasteiger charge is -2.24. The summed E-state index contributed by atoms with van der Waals surface area (Å²) in [6.07, 6.45) is 0.957. The van der Waals surface area contributed by atoms with Crippen LogP contribution >= 0.6 is 0 Å². The van der Waals surface area contributed by atoms with E-state index < -0.39 is 0 Å². The van der Waals surface area contributed by atoms with Crippen molar-refractivity contribution >= 4 is 5.82 Å². The lowest BCUT2D eigenvalue weighted by Crippen LogP contribution is -2.27. The van der Waals surface area contributed by atoms with Gasteiger partial charge in [0.2, 0.25) is 5.88 Å². The van der Waals surface area contributed by atoms with Crippen molar-refractivity contribution in [1.82, 2.24) is 4.98 Å². The quantitative estimate of drug-likeness (QED) is 0.800. The monoisotopic (exact) mass is 194 g/mol. The van der Waals surface area contributed by atoms with Gasteiger partial charge in [-0.25, -0.2) is 0 Å². The largest absolute Gasteiger partial charge is 0.472 e. The maximum Gasteiger partial charge on any atom is 0.215 e. The summed E-state index contributed by atoms with van der Waals surface area (Å²) in [7, 11) is 1.84. The molecule has 0 saturated heterocycles. The Morgan fingerprint density at radius 3 is 2.71 bits per heavy atom. The molecule has 0 aliphatic heterocycles. The Balaban J connectivity index is 2.76. The van der Waals surface area contributed by atoms with E-state index in [0.717, 1.165) is 12.2 Å². The third-order valence-corrected chi connectivity index (χ3v) is 2.21. The van der Waals surface area contributed by atoms with E-state index in [0.29, 0.717) is 5.88 Å². The zero-order valence-electron chi connectivity index (χ0n) is 9.29. The number of hydrogen-bond donors (Lipinski definition) is 1. The van der Waals surface area contributed by atoms with Crippen LogP contribution in [0.25, 0.3) is 0 Å². The van der Waals surface area contributed by atoms with Crippen LogP contribution in [0.1, 0.15) is 27.2 Å². The van der Waals surface area contributed by atoms with Crippen molar-refractivity contribution in [3.63, 3.8) is 0 Å². The van der Waals surface area contributed by atoms with Crippen LogP contribution in [0.2, 0.25) is 0 Å². The number of aromatic nitrogens is 1. The van der Waals surface area contributed by atoms with Crippen LogP contribution in [0.3, 0.4) is 0 Å². The van der Waals surface area contributed by atoms with Gasteiger partial charge in [0.15, 0.2) is 0 Å². The summed E-state index contributed by atoms with van der Waals surface area (Å²) in [6, 6.07) is 5.71. The van der Waals surface area contributed by atoms with Gasteiger partial charge >= 0.3 is 0 Å². The predicted molar refractivity (Wildman–Crippen MR) is 58.8 cm³/mol. The van der Waals surface area contributed by atoms with Crippen molar-refractivity contribution in [3.8, 4) is 5.88 Å². The number of rotatable bonds is 4. The molecule has 3 heteroatoms. The molecule has 0 aliphatic carbocycles. The first kappa shape index (κ1) is 10.8. The number of pyridine rings is 1. The second kappa shape index (κ2) is 4.31. The molecule has 0 amide bonds. The van der Waals surface area contributed by atoms with E-state index in [1.54, 1.807) is 0 Å². The minimum atomic E-state index is -0.153. The standard InChI is InChI=1S/C11H18N2O/c1-5-11(2,3)14-10-8-6-7-9(12-4)13-10/h6-8H,5H2,1-4H3,(H,12,13). The molecule has 1 aromatic heterocycles. The Kier molecular flexibility index (Phi) is 3.33. The van der Waals surface area contributed by atoms with E-state index in [1.807, 2.05) is 25.2 Å². The summed E-state index contributed by atoms with van der Waals surface area (Å²) >= 11 is 0. The van der Waals surface area contributed by atoms with Gasteiger partial charge in [0.25, 0.3) is 0 Å². The highest BCUT2D eigenvalue weighted by atomic mass is 16.5. The molecule has 0 spiro atoms. The minimum absolute atomic E-state index is 0.153. The molecule has 0 atom stereocenters. The average Bonchev–Trinajstić information content (AvgIpc) is 2.17. The zero-order valence-corrected chi connectivity index (χ0v) is 9.29. The van der Waals surface area contributed by atoms with E-state index in [9.17, 15) is 0 Å². The summed E-state index contributed by atoms with van der Waals surface area (Å²) < 4.78 is 5.74. The van der Waals surface area contributed by atoms with Crippen LogP contribution in [-0.2, 0) is 0 Å². The molecular weight excluding hydrogens is 176 g/mol. The number of nitrogens with zero attached hydrogens (tertiary/aromatic N) is 1. The van der Waals surface area contributed by atoms with Crippen molar-refractivity contribution in [3.05, 3.63) is 18.2 Å². The van der Waals surface area contributed by atoms with Crippen molar-refractivity contribution in [1.29, 1.82) is 0 Å². The maximum absolute atomic E-state index is 5.74. The van der Waals surface area contributed by atoms with Crippen molar-refractivity contribution in [2.45, 2.75) is 32.8 Å². The van der Waals surface area contributed by atoms with Gasteiger partial charge in [-0.3, -0.25) is 0 Å². The zero-order chi connectivity index (χ0) is 10.6. The normalized spacial score (nSPS) is 11.1. The number of nitrogens with one attached hydrogen (secondary N) is 1. The highest BCUT2D eigenvalue weighted by Crippen LogP contribution is 2.19. The van der Waals surface area contributed by atoms with Gasteiger partial charge in [-0.2, -0.15) is 4.98 Å². The van der Waals surface area contributed by atoms with Gasteiger partial charge in [-0.05, 0) is 26.3 Å². The first-order valence-electron chi connectivity index (χ1n) is 4.91. The van der Waals surface area contributed by atoms with Crippen LogP contribution in [0.15, 0.2) is 18.2 Å². The highest BCUT2D eigenvalue weighted by Gasteiger charge is 2.17. The molecule has 1 heterocycles. The van der Waals surface area contributed by atoms with Crippen molar-refractivity contribution in [2.24, 2.45) is 0 Å². The van der Waals surface area contributed by atoms with Crippen LogP contribution in [-0.4, -0.2) is 17.6 Å². The van der Waals surface area contributed by atoms with Gasteiger partial charge in [-0.1, -0.05) is 13.0 Å². The summed E-state index contributed by atoms with van der Waals surface area (Å²) in [4.78, 5) is 4.29. The Morgan fingerprint density at radius 2 is 2.14 bits per heavy atom. The fourth-order valence-electron chi connectivity index (χ4n) is 0.966. The Bertz CT molecular complexity index is 297. The lowest BCUT2D eigenvalue weighted by atomic mass is 10.1. The first-order valence-corrected chi connectivity index (χ1v) is 4.91. The van der Waals surface area contributed by atoms with Crippen molar-refractivity contribution < 1.29 is 4.74 Å². The van der Waals surface area contributed by atoms with Gasteiger partial charge < -0.3 is 10.1 Å². The molecule has 1 rings (SSSR count). The SMILES string of the molecule is CCC(C)(C)Oc1cccc(NC)n1. The maximum atomic E-state index is 5.74. The van der Waals surface area contributed by atoms with Gasteiger partial charge in [0.05, 0.1) is 0 Å². The number of ether oxygens (including phenoxy) is 1. The molecule has 78 valence electrons. The summed E-state index contributed by atoms with van der Waals surface area (Å²) in [5.41, 5.74) is -0.153. The molecule has 0 aliphatic rings. The van der Waals surface area contributed by atoms with E-state index in [-0.39, 0.29) is 5.60 Å². The predicted octanol–water partition coefficient (Wildman–Crippen LogP) is 2.69. The smallest absolute Gasteiger partial charge is 0.215 e. The molecule has 0 radical (unpaired) electrons. The third kappa shape index (κ3) is 2.91. The second-order valence-corrected chi connectivity index (χ2v) is 3.83. The molecule has 0 saturated carbocycles. The van der Waals surface area contributed by atoms with Gasteiger partial charge in [0.1, 0.15) is 11.4 Å². The first-order chi connectivity index (χ1) is 6.57. The third-order valence-electron chi connectivity index (χ3n) is 2.21. The fraction of sp³-hybridized carbons (Fsp3) is 0.545. The summed E-state index contributed by atoms with van der Waals surface area (Å²) in [6.45, 7) is 6.21. The van der Waals surface area contributed by atoms with Crippen LogP contribution in [0.4, 0.5) is 5.82 Å². The van der Waals surface area contributed by atoms with E-state index in [4.69, 9.17) is 4.74 Å². The molecule has 1 N–H and O–H groups in total. The molecule has 14 heavy (non-hydrogen) atoms. The van der Waals surface area contributed by atoms with Gasteiger partial charge in [0, 0.05) is 13.1 Å². The molecule has 0 fully saturated rings. The van der Waals surface area contributed by atoms with E-state index in [2.05, 4.69) is 31.1 Å². The Hall–Kier alpha value is -1.25. The minimum Gasteiger partial charge on any atom is -0.472 e. The molecule has 0 unspecified atom stereocenters. The fourth-order valence-corrected chi connectivity index (χ4v) is 0.966. The van der Waals surface area contributed by atoms with Crippen LogP contribution in [0.5, 0.6) is 5.88 Å². The lowest BCUT2D eigenvalue weighted by molar-refractivity contribution is 0.0992. The summed E-state index contributed by atoms with van der Waals surface area (Å²) in [5, 5.41) is 2.98. The Labute approximate surface area is 85.5 Å². The molecular formula is C11H18N2O. The number of hydrogen-bond acceptors (Lipinski definition) is 3. The highest BCUT2D eigenvalue weighted by molar-refractivity contribution is 5.36. The van der Waals surface area contributed by atoms with Gasteiger partial charge in [-0.15, -0.1) is 0 Å². The topological polar surface area (TPSA) is 34.1 Å². The van der Waals surface area contributed by atoms with Crippen LogP contribution < -0.4 is 10.1 Å². The molecule has 0 aromatic carbocycles. The molecule has 0 bridgehead atoms. The van der Waals surface area contributed by atoms with E-state index in [1.165, 1.54) is 0 Å². The van der Waals surface area contributed by atoms with Crippen LogP contribution in [0, 0.1) is 0 Å². The molecule has 1 aromatic rings. The Morgan fingerprint density at radius 1 is 1.43 bits per heavy atom. The summed E-state index contributed by atoms with van der Waals surface area (Å²) in [5.74, 6) is 1.50. The second-order valence-electron chi connectivity index (χ2n) is 3.83. The van der Waals surface area contributed by atoms with Crippen molar-refractivity contribution in [2.75, 3.05) is 12.4 Å².